The maximum absolute atomic E-state index is 13.1. The van der Waals surface area contributed by atoms with Crippen molar-refractivity contribution in [3.8, 4) is 0 Å². The molecule has 0 bridgehead atoms. The van der Waals surface area contributed by atoms with Gasteiger partial charge in [0.05, 0.1) is 35.7 Å². The first-order valence-corrected chi connectivity index (χ1v) is 11.5. The quantitative estimate of drug-likeness (QED) is 0.573. The van der Waals surface area contributed by atoms with Gasteiger partial charge < -0.3 is 4.74 Å². The zero-order valence-corrected chi connectivity index (χ0v) is 19.7. The van der Waals surface area contributed by atoms with Crippen molar-refractivity contribution in [3.63, 3.8) is 0 Å². The molecule has 0 atom stereocenters. The van der Waals surface area contributed by atoms with Crippen molar-refractivity contribution in [2.75, 3.05) is 4.90 Å². The molecule has 1 fully saturated rings. The number of hydrogen-bond donors (Lipinski definition) is 0. The van der Waals surface area contributed by atoms with E-state index in [0.29, 0.717) is 28.1 Å². The largest absolute Gasteiger partial charge is 0.443 e. The Hall–Kier alpha value is -3.29. The van der Waals surface area contributed by atoms with Gasteiger partial charge in [-0.3, -0.25) is 19.7 Å². The number of amides is 1. The minimum absolute atomic E-state index is 0.188. The molecule has 1 amide bonds. The molecule has 1 aliphatic carbocycles. The second kappa shape index (κ2) is 9.29. The van der Waals surface area contributed by atoms with Gasteiger partial charge in [-0.1, -0.05) is 19.3 Å². The molecule has 3 aromatic rings. The van der Waals surface area contributed by atoms with E-state index in [1.54, 1.807) is 37.6 Å². The molecule has 1 aromatic carbocycles. The van der Waals surface area contributed by atoms with Crippen LogP contribution in [-0.4, -0.2) is 31.4 Å². The SMILES string of the molecule is Cn1ncc2cc(N(Cc3cnc(C4CCCCC4)cn3)C(=O)OC(C)(C)C)ccc2c1=O. The molecule has 0 N–H and O–H groups in total. The Morgan fingerprint density at radius 1 is 1.12 bits per heavy atom. The minimum atomic E-state index is -0.653. The van der Waals surface area contributed by atoms with Crippen LogP contribution in [-0.2, 0) is 18.3 Å². The summed E-state index contributed by atoms with van der Waals surface area (Å²) in [6.07, 6.45) is 10.8. The zero-order chi connectivity index (χ0) is 23.6. The molecule has 2 aromatic heterocycles. The lowest BCUT2D eigenvalue weighted by Gasteiger charge is -2.27. The summed E-state index contributed by atoms with van der Waals surface area (Å²) in [5.41, 5.74) is 1.45. The standard InChI is InChI=1S/C25H31N5O3/c1-25(2,3)33-24(32)30(20-10-11-21-18(12-20)13-28-29(4)23(21)31)16-19-14-27-22(15-26-19)17-8-6-5-7-9-17/h10-15,17H,5-9,16H2,1-4H3. The molecule has 4 rings (SSSR count). The molecule has 0 saturated heterocycles. The Balaban J connectivity index is 1.64. The van der Waals surface area contributed by atoms with Gasteiger partial charge in [-0.05, 0) is 51.8 Å². The van der Waals surface area contributed by atoms with E-state index in [9.17, 15) is 9.59 Å². The summed E-state index contributed by atoms with van der Waals surface area (Å²) in [6, 6.07) is 5.23. The predicted molar refractivity (Wildman–Crippen MR) is 127 cm³/mol. The van der Waals surface area contributed by atoms with Gasteiger partial charge in [-0.25, -0.2) is 9.48 Å². The molecule has 8 nitrogen and oxygen atoms in total. The second-order valence-corrected chi connectivity index (χ2v) is 9.68. The topological polar surface area (TPSA) is 90.2 Å². The van der Waals surface area contributed by atoms with Crippen molar-refractivity contribution >= 4 is 22.6 Å². The summed E-state index contributed by atoms with van der Waals surface area (Å²) in [7, 11) is 1.61. The fraction of sp³-hybridized carbons (Fsp3) is 0.480. The number of aromatic nitrogens is 4. The highest BCUT2D eigenvalue weighted by Gasteiger charge is 2.25. The van der Waals surface area contributed by atoms with Crippen LogP contribution in [0.25, 0.3) is 10.8 Å². The van der Waals surface area contributed by atoms with Crippen LogP contribution in [0.5, 0.6) is 0 Å². The van der Waals surface area contributed by atoms with Gasteiger partial charge in [0.15, 0.2) is 0 Å². The van der Waals surface area contributed by atoms with Crippen LogP contribution in [0.1, 0.15) is 70.2 Å². The van der Waals surface area contributed by atoms with Crippen molar-refractivity contribution in [1.82, 2.24) is 19.7 Å². The van der Waals surface area contributed by atoms with Gasteiger partial charge in [0.25, 0.3) is 5.56 Å². The first-order chi connectivity index (χ1) is 15.7. The van der Waals surface area contributed by atoms with Gasteiger partial charge in [0, 0.05) is 30.2 Å². The smallest absolute Gasteiger partial charge is 0.415 e. The van der Waals surface area contributed by atoms with Gasteiger partial charge in [0.2, 0.25) is 0 Å². The molecular weight excluding hydrogens is 418 g/mol. The number of anilines is 1. The van der Waals surface area contributed by atoms with E-state index in [0.717, 1.165) is 18.5 Å². The van der Waals surface area contributed by atoms with Crippen LogP contribution in [0, 0.1) is 0 Å². The summed E-state index contributed by atoms with van der Waals surface area (Å²) in [5.74, 6) is 0.470. The average Bonchev–Trinajstić information content (AvgIpc) is 2.79. The fourth-order valence-corrected chi connectivity index (χ4v) is 4.19. The number of fused-ring (bicyclic) bond motifs is 1. The number of aryl methyl sites for hydroxylation is 1. The van der Waals surface area contributed by atoms with E-state index >= 15 is 0 Å². The maximum Gasteiger partial charge on any atom is 0.415 e. The van der Waals surface area contributed by atoms with Gasteiger partial charge >= 0.3 is 6.09 Å². The van der Waals surface area contributed by atoms with Crippen molar-refractivity contribution in [3.05, 3.63) is 58.5 Å². The minimum Gasteiger partial charge on any atom is -0.443 e. The van der Waals surface area contributed by atoms with Crippen LogP contribution in [0.4, 0.5) is 10.5 Å². The molecule has 8 heteroatoms. The summed E-state index contributed by atoms with van der Waals surface area (Å²) in [6.45, 7) is 5.69. The Morgan fingerprint density at radius 2 is 1.88 bits per heavy atom. The van der Waals surface area contributed by atoms with Crippen molar-refractivity contribution in [2.24, 2.45) is 7.05 Å². The fourth-order valence-electron chi connectivity index (χ4n) is 4.19. The van der Waals surface area contributed by atoms with Gasteiger partial charge in [0.1, 0.15) is 5.60 Å². The summed E-state index contributed by atoms with van der Waals surface area (Å²) in [5, 5.41) is 5.29. The molecule has 1 aliphatic rings. The van der Waals surface area contributed by atoms with E-state index in [2.05, 4.69) is 15.1 Å². The third-order valence-electron chi connectivity index (χ3n) is 5.92. The van der Waals surface area contributed by atoms with Crippen LogP contribution in [0.15, 0.2) is 41.6 Å². The van der Waals surface area contributed by atoms with Gasteiger partial charge in [-0.15, -0.1) is 0 Å². The van der Waals surface area contributed by atoms with Crippen molar-refractivity contribution in [1.29, 1.82) is 0 Å². The first kappa shape index (κ1) is 22.9. The lowest BCUT2D eigenvalue weighted by molar-refractivity contribution is 0.0577. The van der Waals surface area contributed by atoms with Crippen LogP contribution >= 0.6 is 0 Å². The highest BCUT2D eigenvalue weighted by atomic mass is 16.6. The molecule has 174 valence electrons. The number of nitrogens with zero attached hydrogens (tertiary/aromatic N) is 5. The highest BCUT2D eigenvalue weighted by Crippen LogP contribution is 2.31. The molecule has 0 aliphatic heterocycles. The number of ether oxygens (including phenoxy) is 1. The average molecular weight is 450 g/mol. The molecular formula is C25H31N5O3. The maximum atomic E-state index is 13.1. The Bertz CT molecular complexity index is 1190. The lowest BCUT2D eigenvalue weighted by atomic mass is 9.87. The lowest BCUT2D eigenvalue weighted by Crippen LogP contribution is -2.36. The summed E-state index contributed by atoms with van der Waals surface area (Å²) < 4.78 is 6.95. The van der Waals surface area contributed by atoms with Gasteiger partial charge in [-0.2, -0.15) is 5.10 Å². The summed E-state index contributed by atoms with van der Waals surface area (Å²) in [4.78, 5) is 36.3. The monoisotopic (exact) mass is 449 g/mol. The summed E-state index contributed by atoms with van der Waals surface area (Å²) >= 11 is 0. The van der Waals surface area contributed by atoms with E-state index in [-0.39, 0.29) is 12.1 Å². The van der Waals surface area contributed by atoms with Crippen molar-refractivity contribution < 1.29 is 9.53 Å². The predicted octanol–water partition coefficient (Wildman–Crippen LogP) is 4.71. The number of benzene rings is 1. The van der Waals surface area contributed by atoms with E-state index in [1.807, 2.05) is 27.0 Å². The van der Waals surface area contributed by atoms with E-state index in [1.165, 1.54) is 28.8 Å². The van der Waals surface area contributed by atoms with Crippen molar-refractivity contribution in [2.45, 2.75) is 70.9 Å². The number of rotatable bonds is 4. The number of carbonyl (C=O) groups is 1. The highest BCUT2D eigenvalue weighted by molar-refractivity contribution is 5.92. The molecule has 0 spiro atoms. The molecule has 33 heavy (non-hydrogen) atoms. The number of carbonyl (C=O) groups excluding carboxylic acids is 1. The second-order valence-electron chi connectivity index (χ2n) is 9.68. The first-order valence-electron chi connectivity index (χ1n) is 11.5. The third kappa shape index (κ3) is 5.38. The zero-order valence-electron chi connectivity index (χ0n) is 19.7. The van der Waals surface area contributed by atoms with E-state index < -0.39 is 11.7 Å². The number of hydrogen-bond acceptors (Lipinski definition) is 6. The Morgan fingerprint density at radius 3 is 2.55 bits per heavy atom. The van der Waals surface area contributed by atoms with Crippen LogP contribution < -0.4 is 10.5 Å². The Kier molecular flexibility index (Phi) is 6.44. The van der Waals surface area contributed by atoms with Crippen LogP contribution in [0.2, 0.25) is 0 Å². The molecule has 2 heterocycles. The molecule has 0 unspecified atom stereocenters. The van der Waals surface area contributed by atoms with Crippen LogP contribution in [0.3, 0.4) is 0 Å². The normalized spacial score (nSPS) is 14.9. The third-order valence-corrected chi connectivity index (χ3v) is 5.92. The van der Waals surface area contributed by atoms with E-state index in [4.69, 9.17) is 4.74 Å². The molecule has 1 saturated carbocycles. The molecule has 0 radical (unpaired) electrons. The Labute approximate surface area is 193 Å².